The number of benzene rings is 2. The van der Waals surface area contributed by atoms with Crippen molar-refractivity contribution in [3.8, 4) is 11.5 Å². The molecule has 2 aromatic rings. The van der Waals surface area contributed by atoms with E-state index in [2.05, 4.69) is 0 Å². The smallest absolute Gasteiger partial charge is 0.226 e. The maximum absolute atomic E-state index is 12.2. The third kappa shape index (κ3) is 5.33. The molecule has 0 aliphatic carbocycles. The number of hydrogen-bond acceptors (Lipinski definition) is 3. The average molecular weight is 313 g/mol. The number of carbonyl (C=O) groups is 1. The number of carbonyl (C=O) groups excluding carboxylic acids is 1. The summed E-state index contributed by atoms with van der Waals surface area (Å²) in [5.74, 6) is 1.65. The van der Waals surface area contributed by atoms with E-state index < -0.39 is 0 Å². The molecule has 0 aliphatic heterocycles. The molecule has 0 atom stereocenters. The minimum absolute atomic E-state index is 0.0609. The van der Waals surface area contributed by atoms with Gasteiger partial charge in [-0.25, -0.2) is 0 Å². The fourth-order valence-corrected chi connectivity index (χ4v) is 2.15. The molecule has 23 heavy (non-hydrogen) atoms. The van der Waals surface area contributed by atoms with Crippen LogP contribution in [-0.2, 0) is 11.2 Å². The molecule has 0 saturated heterocycles. The Labute approximate surface area is 137 Å². The average Bonchev–Trinajstić information content (AvgIpc) is 2.56. The summed E-state index contributed by atoms with van der Waals surface area (Å²) in [5, 5.41) is 0. The van der Waals surface area contributed by atoms with Crippen LogP contribution in [0, 0.1) is 6.92 Å². The van der Waals surface area contributed by atoms with E-state index in [1.165, 1.54) is 5.56 Å². The van der Waals surface area contributed by atoms with Crippen LogP contribution in [0.2, 0.25) is 0 Å². The molecule has 2 rings (SSSR count). The Bertz CT molecular complexity index is 637. The minimum atomic E-state index is 0.0609. The molecule has 0 spiro atoms. The van der Waals surface area contributed by atoms with Crippen molar-refractivity contribution < 1.29 is 14.3 Å². The Kier molecular flexibility index (Phi) is 6.03. The van der Waals surface area contributed by atoms with Crippen molar-refractivity contribution in [1.29, 1.82) is 0 Å². The van der Waals surface area contributed by atoms with Gasteiger partial charge in [-0.3, -0.25) is 4.79 Å². The van der Waals surface area contributed by atoms with Crippen molar-refractivity contribution in [2.75, 3.05) is 27.3 Å². The molecule has 0 aromatic heterocycles. The highest BCUT2D eigenvalue weighted by Crippen LogP contribution is 2.14. The van der Waals surface area contributed by atoms with Crippen LogP contribution >= 0.6 is 0 Å². The molecule has 4 heteroatoms. The van der Waals surface area contributed by atoms with Gasteiger partial charge in [-0.2, -0.15) is 0 Å². The highest BCUT2D eigenvalue weighted by atomic mass is 16.5. The van der Waals surface area contributed by atoms with Crippen molar-refractivity contribution in [1.82, 2.24) is 4.90 Å². The van der Waals surface area contributed by atoms with Gasteiger partial charge in [-0.05, 0) is 36.8 Å². The van der Waals surface area contributed by atoms with Gasteiger partial charge in [0, 0.05) is 7.05 Å². The van der Waals surface area contributed by atoms with Gasteiger partial charge >= 0.3 is 0 Å². The number of amides is 1. The van der Waals surface area contributed by atoms with Gasteiger partial charge in [0.1, 0.15) is 18.1 Å². The lowest BCUT2D eigenvalue weighted by Crippen LogP contribution is -2.32. The van der Waals surface area contributed by atoms with Gasteiger partial charge in [0.15, 0.2) is 0 Å². The molecule has 0 saturated carbocycles. The van der Waals surface area contributed by atoms with Crippen LogP contribution in [0.5, 0.6) is 11.5 Å². The largest absolute Gasteiger partial charge is 0.497 e. The number of likely N-dealkylation sites (N-methyl/N-ethyl adjacent to an activating group) is 1. The zero-order valence-electron chi connectivity index (χ0n) is 13.9. The van der Waals surface area contributed by atoms with Gasteiger partial charge in [-0.1, -0.05) is 29.8 Å². The second-order valence-corrected chi connectivity index (χ2v) is 5.51. The normalized spacial score (nSPS) is 10.2. The molecule has 0 bridgehead atoms. The summed E-state index contributed by atoms with van der Waals surface area (Å²) in [6.07, 6.45) is 0.359. The summed E-state index contributed by atoms with van der Waals surface area (Å²) in [6, 6.07) is 15.5. The zero-order valence-corrected chi connectivity index (χ0v) is 13.9. The van der Waals surface area contributed by atoms with Crippen LogP contribution in [0.1, 0.15) is 11.1 Å². The number of methoxy groups -OCH3 is 1. The van der Waals surface area contributed by atoms with Gasteiger partial charge in [0.05, 0.1) is 20.1 Å². The highest BCUT2D eigenvalue weighted by Gasteiger charge is 2.10. The summed E-state index contributed by atoms with van der Waals surface area (Å²) in [5.41, 5.74) is 2.14. The maximum Gasteiger partial charge on any atom is 0.226 e. The monoisotopic (exact) mass is 313 g/mol. The number of rotatable bonds is 7. The summed E-state index contributed by atoms with van der Waals surface area (Å²) in [6.45, 7) is 3.06. The van der Waals surface area contributed by atoms with Crippen LogP contribution in [-0.4, -0.2) is 38.1 Å². The molecular formula is C19H23NO3. The SMILES string of the molecule is COc1cccc(CC(=O)N(C)CCOc2ccc(C)cc2)c1. The first kappa shape index (κ1) is 16.9. The predicted octanol–water partition coefficient (Wildman–Crippen LogP) is 3.08. The summed E-state index contributed by atoms with van der Waals surface area (Å²) < 4.78 is 10.8. The summed E-state index contributed by atoms with van der Waals surface area (Å²) in [4.78, 5) is 13.9. The molecule has 0 fully saturated rings. The van der Waals surface area contributed by atoms with Crippen molar-refractivity contribution in [2.45, 2.75) is 13.3 Å². The lowest BCUT2D eigenvalue weighted by Gasteiger charge is -2.18. The number of ether oxygens (including phenoxy) is 2. The van der Waals surface area contributed by atoms with Gasteiger partial charge in [-0.15, -0.1) is 0 Å². The Morgan fingerprint density at radius 1 is 1.09 bits per heavy atom. The van der Waals surface area contributed by atoms with Crippen molar-refractivity contribution >= 4 is 5.91 Å². The Balaban J connectivity index is 1.79. The Hall–Kier alpha value is -2.49. The number of aryl methyl sites for hydroxylation is 1. The van der Waals surface area contributed by atoms with Crippen molar-refractivity contribution in [2.24, 2.45) is 0 Å². The van der Waals surface area contributed by atoms with E-state index in [0.29, 0.717) is 19.6 Å². The molecule has 122 valence electrons. The van der Waals surface area contributed by atoms with E-state index in [-0.39, 0.29) is 5.91 Å². The Morgan fingerprint density at radius 3 is 2.52 bits per heavy atom. The van der Waals surface area contributed by atoms with Gasteiger partial charge in [0.25, 0.3) is 0 Å². The minimum Gasteiger partial charge on any atom is -0.497 e. The second kappa shape index (κ2) is 8.22. The van der Waals surface area contributed by atoms with Crippen LogP contribution in [0.25, 0.3) is 0 Å². The second-order valence-electron chi connectivity index (χ2n) is 5.51. The predicted molar refractivity (Wildman–Crippen MR) is 91.0 cm³/mol. The first-order valence-electron chi connectivity index (χ1n) is 7.65. The topological polar surface area (TPSA) is 38.8 Å². The van der Waals surface area contributed by atoms with Crippen molar-refractivity contribution in [3.63, 3.8) is 0 Å². The van der Waals surface area contributed by atoms with E-state index in [4.69, 9.17) is 9.47 Å². The van der Waals surface area contributed by atoms with Gasteiger partial charge < -0.3 is 14.4 Å². The standard InChI is InChI=1S/C19H23NO3/c1-15-7-9-17(10-8-15)23-12-11-20(2)19(21)14-16-5-4-6-18(13-16)22-3/h4-10,13H,11-12,14H2,1-3H3. The molecule has 2 aromatic carbocycles. The summed E-state index contributed by atoms with van der Waals surface area (Å²) in [7, 11) is 3.41. The van der Waals surface area contributed by atoms with Crippen LogP contribution in [0.15, 0.2) is 48.5 Å². The Morgan fingerprint density at radius 2 is 1.83 bits per heavy atom. The van der Waals surface area contributed by atoms with Gasteiger partial charge in [0.2, 0.25) is 5.91 Å². The number of hydrogen-bond donors (Lipinski definition) is 0. The fraction of sp³-hybridized carbons (Fsp3) is 0.316. The fourth-order valence-electron chi connectivity index (χ4n) is 2.15. The molecular weight excluding hydrogens is 290 g/mol. The maximum atomic E-state index is 12.2. The van der Waals surface area contributed by atoms with Crippen LogP contribution in [0.3, 0.4) is 0 Å². The van der Waals surface area contributed by atoms with E-state index in [9.17, 15) is 4.79 Å². The molecule has 1 amide bonds. The van der Waals surface area contributed by atoms with E-state index in [1.54, 1.807) is 19.1 Å². The molecule has 4 nitrogen and oxygen atoms in total. The first-order valence-corrected chi connectivity index (χ1v) is 7.65. The number of nitrogens with zero attached hydrogens (tertiary/aromatic N) is 1. The van der Waals surface area contributed by atoms with E-state index in [1.807, 2.05) is 55.5 Å². The molecule has 0 radical (unpaired) electrons. The third-order valence-corrected chi connectivity index (χ3v) is 3.63. The summed E-state index contributed by atoms with van der Waals surface area (Å²) >= 11 is 0. The van der Waals surface area contributed by atoms with Crippen LogP contribution in [0.4, 0.5) is 0 Å². The molecule has 0 N–H and O–H groups in total. The van der Waals surface area contributed by atoms with Crippen LogP contribution < -0.4 is 9.47 Å². The zero-order chi connectivity index (χ0) is 16.7. The van der Waals surface area contributed by atoms with Crippen molar-refractivity contribution in [3.05, 3.63) is 59.7 Å². The third-order valence-electron chi connectivity index (χ3n) is 3.63. The quantitative estimate of drug-likeness (QED) is 0.788. The molecule has 0 unspecified atom stereocenters. The lowest BCUT2D eigenvalue weighted by atomic mass is 10.1. The van der Waals surface area contributed by atoms with E-state index >= 15 is 0 Å². The molecule has 0 heterocycles. The highest BCUT2D eigenvalue weighted by molar-refractivity contribution is 5.78. The van der Waals surface area contributed by atoms with E-state index in [0.717, 1.165) is 17.1 Å². The molecule has 0 aliphatic rings. The lowest BCUT2D eigenvalue weighted by molar-refractivity contribution is -0.129. The first-order chi connectivity index (χ1) is 11.1.